The van der Waals surface area contributed by atoms with Crippen molar-refractivity contribution in [1.82, 2.24) is 25.1 Å². The van der Waals surface area contributed by atoms with E-state index in [0.29, 0.717) is 22.4 Å². The van der Waals surface area contributed by atoms with Crippen LogP contribution in [0.25, 0.3) is 16.8 Å². The van der Waals surface area contributed by atoms with Crippen LogP contribution >= 0.6 is 11.8 Å². The molecule has 0 unspecified atom stereocenters. The van der Waals surface area contributed by atoms with Crippen molar-refractivity contribution in [2.75, 3.05) is 5.75 Å². The van der Waals surface area contributed by atoms with Crippen molar-refractivity contribution in [3.8, 4) is 11.3 Å². The van der Waals surface area contributed by atoms with Crippen LogP contribution < -0.4 is 10.9 Å². The third-order valence-electron chi connectivity index (χ3n) is 5.09. The van der Waals surface area contributed by atoms with E-state index in [2.05, 4.69) is 39.7 Å². The lowest BCUT2D eigenvalue weighted by Gasteiger charge is -2.11. The number of fused-ring (bicyclic) bond motifs is 1. The van der Waals surface area contributed by atoms with Crippen LogP contribution in [0.1, 0.15) is 38.2 Å². The minimum atomic E-state index is -0.302. The number of benzene rings is 1. The van der Waals surface area contributed by atoms with Gasteiger partial charge in [-0.05, 0) is 30.9 Å². The van der Waals surface area contributed by atoms with Crippen molar-refractivity contribution in [3.63, 3.8) is 0 Å². The van der Waals surface area contributed by atoms with Gasteiger partial charge in [0.1, 0.15) is 5.52 Å². The van der Waals surface area contributed by atoms with Crippen LogP contribution in [0.3, 0.4) is 0 Å². The predicted molar refractivity (Wildman–Crippen MR) is 110 cm³/mol. The smallest absolute Gasteiger partial charge is 0.290 e. The molecule has 2 heterocycles. The first kappa shape index (κ1) is 18.7. The summed E-state index contributed by atoms with van der Waals surface area (Å²) >= 11 is 1.27. The monoisotopic (exact) mass is 397 g/mol. The van der Waals surface area contributed by atoms with Gasteiger partial charge in [-0.3, -0.25) is 9.59 Å². The molecule has 8 heteroatoms. The first-order valence-electron chi connectivity index (χ1n) is 9.64. The summed E-state index contributed by atoms with van der Waals surface area (Å²) in [5.74, 6) is 0.228. The van der Waals surface area contributed by atoms with E-state index in [1.165, 1.54) is 34.7 Å². The molecule has 1 saturated carbocycles. The zero-order valence-electron chi connectivity index (χ0n) is 15.8. The minimum absolute atomic E-state index is 0.0133. The molecule has 1 fully saturated rings. The van der Waals surface area contributed by atoms with Crippen molar-refractivity contribution in [1.29, 1.82) is 0 Å². The molecule has 3 aromatic rings. The molecule has 0 radical (unpaired) electrons. The van der Waals surface area contributed by atoms with Crippen molar-refractivity contribution < 1.29 is 4.79 Å². The maximum absolute atomic E-state index is 12.2. The fraction of sp³-hybridized carbons (Fsp3) is 0.400. The average molecular weight is 398 g/mol. The number of carbonyl (C=O) groups excluding carboxylic acids is 1. The number of amides is 1. The average Bonchev–Trinajstić information content (AvgIpc) is 3.38. The summed E-state index contributed by atoms with van der Waals surface area (Å²) in [4.78, 5) is 24.4. The summed E-state index contributed by atoms with van der Waals surface area (Å²) in [6.45, 7) is 2.11. The Morgan fingerprint density at radius 1 is 1.29 bits per heavy atom. The van der Waals surface area contributed by atoms with Crippen LogP contribution in [-0.2, 0) is 11.2 Å². The fourth-order valence-corrected chi connectivity index (χ4v) is 4.22. The molecule has 1 aliphatic carbocycles. The SMILES string of the molecule is CCc1ccc(-c2cc3c(=O)[nH]nc(SCC(=O)NC4CCCC4)n3n2)cc1. The molecule has 0 aliphatic heterocycles. The van der Waals surface area contributed by atoms with Gasteiger partial charge < -0.3 is 5.32 Å². The van der Waals surface area contributed by atoms with Gasteiger partial charge >= 0.3 is 0 Å². The van der Waals surface area contributed by atoms with E-state index in [9.17, 15) is 9.59 Å². The predicted octanol–water partition coefficient (Wildman–Crippen LogP) is 2.80. The van der Waals surface area contributed by atoms with Crippen molar-refractivity contribution in [3.05, 3.63) is 46.2 Å². The maximum atomic E-state index is 12.2. The molecule has 2 aromatic heterocycles. The number of hydrogen-bond acceptors (Lipinski definition) is 5. The molecule has 4 rings (SSSR count). The molecule has 146 valence electrons. The summed E-state index contributed by atoms with van der Waals surface area (Å²) < 4.78 is 1.52. The quantitative estimate of drug-likeness (QED) is 0.624. The van der Waals surface area contributed by atoms with Gasteiger partial charge in [0.25, 0.3) is 5.56 Å². The minimum Gasteiger partial charge on any atom is -0.353 e. The van der Waals surface area contributed by atoms with Crippen LogP contribution in [-0.4, -0.2) is 37.5 Å². The van der Waals surface area contributed by atoms with E-state index >= 15 is 0 Å². The highest BCUT2D eigenvalue weighted by atomic mass is 32.2. The first-order valence-corrected chi connectivity index (χ1v) is 10.6. The van der Waals surface area contributed by atoms with E-state index in [-0.39, 0.29) is 17.2 Å². The molecule has 7 nitrogen and oxygen atoms in total. The van der Waals surface area contributed by atoms with E-state index < -0.39 is 0 Å². The van der Waals surface area contributed by atoms with Crippen LogP contribution in [0.15, 0.2) is 40.3 Å². The van der Waals surface area contributed by atoms with Gasteiger partial charge in [-0.2, -0.15) is 5.10 Å². The summed E-state index contributed by atoms with van der Waals surface area (Å²) in [6, 6.07) is 10.2. The second kappa shape index (κ2) is 8.18. The Hall–Kier alpha value is -2.61. The van der Waals surface area contributed by atoms with Gasteiger partial charge in [-0.15, -0.1) is 5.10 Å². The molecule has 1 amide bonds. The second-order valence-electron chi connectivity index (χ2n) is 7.05. The Kier molecular flexibility index (Phi) is 5.47. The van der Waals surface area contributed by atoms with Gasteiger partial charge in [0.2, 0.25) is 11.1 Å². The van der Waals surface area contributed by atoms with Crippen LogP contribution in [0.5, 0.6) is 0 Å². The normalized spacial score (nSPS) is 14.6. The highest BCUT2D eigenvalue weighted by Gasteiger charge is 2.18. The van der Waals surface area contributed by atoms with Crippen LogP contribution in [0.4, 0.5) is 0 Å². The number of carbonyl (C=O) groups is 1. The van der Waals surface area contributed by atoms with Gasteiger partial charge in [-0.1, -0.05) is 55.8 Å². The maximum Gasteiger partial charge on any atom is 0.290 e. The van der Waals surface area contributed by atoms with Gasteiger partial charge in [0, 0.05) is 11.6 Å². The molecule has 0 bridgehead atoms. The lowest BCUT2D eigenvalue weighted by atomic mass is 10.1. The molecule has 0 spiro atoms. The first-order chi connectivity index (χ1) is 13.6. The number of hydrogen-bond donors (Lipinski definition) is 2. The van der Waals surface area contributed by atoms with Crippen LogP contribution in [0, 0.1) is 0 Å². The van der Waals surface area contributed by atoms with Crippen molar-refractivity contribution >= 4 is 23.2 Å². The Labute approximate surface area is 166 Å². The lowest BCUT2D eigenvalue weighted by Crippen LogP contribution is -2.34. The lowest BCUT2D eigenvalue weighted by molar-refractivity contribution is -0.119. The second-order valence-corrected chi connectivity index (χ2v) is 7.99. The fourth-order valence-electron chi connectivity index (χ4n) is 3.51. The van der Waals surface area contributed by atoms with E-state index in [4.69, 9.17) is 0 Å². The Bertz CT molecular complexity index is 1030. The molecular weight excluding hydrogens is 374 g/mol. The number of aryl methyl sites for hydroxylation is 1. The molecule has 2 N–H and O–H groups in total. The zero-order chi connectivity index (χ0) is 19.5. The number of nitrogens with zero attached hydrogens (tertiary/aromatic N) is 3. The highest BCUT2D eigenvalue weighted by molar-refractivity contribution is 7.99. The van der Waals surface area contributed by atoms with E-state index in [1.807, 2.05) is 12.1 Å². The molecule has 1 aromatic carbocycles. The summed E-state index contributed by atoms with van der Waals surface area (Å²) in [5, 5.41) is 14.7. The topological polar surface area (TPSA) is 92.1 Å². The van der Waals surface area contributed by atoms with Gasteiger partial charge in [0.05, 0.1) is 11.4 Å². The third kappa shape index (κ3) is 3.96. The van der Waals surface area contributed by atoms with Crippen molar-refractivity contribution in [2.45, 2.75) is 50.2 Å². The standard InChI is InChI=1S/C20H23N5O2S/c1-2-13-7-9-14(10-8-13)16-11-17-19(27)22-23-20(25(17)24-16)28-12-18(26)21-15-5-3-4-6-15/h7-11,15H,2-6,12H2,1H3,(H,21,26)(H,22,27). The molecule has 28 heavy (non-hydrogen) atoms. The number of aromatic nitrogens is 4. The number of thioether (sulfide) groups is 1. The molecule has 0 atom stereocenters. The Morgan fingerprint density at radius 2 is 2.04 bits per heavy atom. The summed E-state index contributed by atoms with van der Waals surface area (Å²) in [5.41, 5.74) is 3.01. The molecule has 1 aliphatic rings. The largest absolute Gasteiger partial charge is 0.353 e. The Morgan fingerprint density at radius 3 is 2.75 bits per heavy atom. The third-order valence-corrected chi connectivity index (χ3v) is 6.02. The van der Waals surface area contributed by atoms with Crippen LogP contribution in [0.2, 0.25) is 0 Å². The van der Waals surface area contributed by atoms with Crippen molar-refractivity contribution in [2.24, 2.45) is 0 Å². The number of nitrogens with one attached hydrogen (secondary N) is 2. The number of aromatic amines is 1. The van der Waals surface area contributed by atoms with Gasteiger partial charge in [0.15, 0.2) is 0 Å². The summed E-state index contributed by atoms with van der Waals surface area (Å²) in [6.07, 6.45) is 5.43. The highest BCUT2D eigenvalue weighted by Crippen LogP contribution is 2.22. The Balaban J connectivity index is 1.55. The number of H-pyrrole nitrogens is 1. The zero-order valence-corrected chi connectivity index (χ0v) is 16.6. The molecular formula is C20H23N5O2S. The molecule has 0 saturated heterocycles. The van der Waals surface area contributed by atoms with E-state index in [1.54, 1.807) is 6.07 Å². The number of rotatable bonds is 6. The van der Waals surface area contributed by atoms with Gasteiger partial charge in [-0.25, -0.2) is 9.61 Å². The summed E-state index contributed by atoms with van der Waals surface area (Å²) in [7, 11) is 0. The van der Waals surface area contributed by atoms with E-state index in [0.717, 1.165) is 24.8 Å².